The van der Waals surface area contributed by atoms with E-state index in [0.29, 0.717) is 17.0 Å². The van der Waals surface area contributed by atoms with Gasteiger partial charge in [-0.3, -0.25) is 4.57 Å². The van der Waals surface area contributed by atoms with Gasteiger partial charge in [0.25, 0.3) is 0 Å². The Morgan fingerprint density at radius 1 is 0.881 bits per heavy atom. The minimum absolute atomic E-state index is 0.00595. The van der Waals surface area contributed by atoms with Crippen molar-refractivity contribution in [1.29, 1.82) is 0 Å². The number of hydrogen-bond acceptors (Lipinski definition) is 8. The first-order valence-electron chi connectivity index (χ1n) is 13.7. The fraction of sp³-hybridized carbons (Fsp3) is 0.281. The van der Waals surface area contributed by atoms with Crippen LogP contribution in [-0.4, -0.2) is 59.7 Å². The van der Waals surface area contributed by atoms with E-state index in [2.05, 4.69) is 20.3 Å². The van der Waals surface area contributed by atoms with E-state index in [1.807, 2.05) is 78.9 Å². The average Bonchev–Trinajstić information content (AvgIpc) is 3.65. The number of imidazole rings is 1. The monoisotopic (exact) mass is 569 g/mol. The average molecular weight is 570 g/mol. The van der Waals surface area contributed by atoms with Crippen LogP contribution in [-0.2, 0) is 15.1 Å². The fourth-order valence-corrected chi connectivity index (χ4v) is 5.54. The van der Waals surface area contributed by atoms with E-state index in [1.54, 1.807) is 32.2 Å². The van der Waals surface area contributed by atoms with Crippen LogP contribution < -0.4 is 14.8 Å². The molecule has 0 spiro atoms. The first-order valence-corrected chi connectivity index (χ1v) is 13.7. The van der Waals surface area contributed by atoms with Gasteiger partial charge in [-0.05, 0) is 41.0 Å². The Morgan fingerprint density at radius 2 is 1.50 bits per heavy atom. The number of aromatic nitrogens is 4. The van der Waals surface area contributed by atoms with Crippen molar-refractivity contribution < 1.29 is 23.3 Å². The van der Waals surface area contributed by atoms with E-state index in [1.165, 1.54) is 6.33 Å². The van der Waals surface area contributed by atoms with Crippen molar-refractivity contribution in [2.75, 3.05) is 33.2 Å². The predicted octanol–water partition coefficient (Wildman–Crippen LogP) is 5.52. The molecule has 0 bridgehead atoms. The Bertz CT molecular complexity index is 1580. The molecule has 0 radical (unpaired) electrons. The first kappa shape index (κ1) is 27.6. The Balaban J connectivity index is 1.36. The number of ether oxygens (including phenoxy) is 4. The summed E-state index contributed by atoms with van der Waals surface area (Å²) in [5.74, 6) is 2.04. The van der Waals surface area contributed by atoms with Crippen LogP contribution in [0.5, 0.6) is 11.5 Å². The number of halogens is 1. The lowest BCUT2D eigenvalue weighted by atomic mass is 9.80. The zero-order valence-electron chi connectivity index (χ0n) is 23.6. The number of rotatable bonds is 10. The molecular weight excluding hydrogens is 537 g/mol. The summed E-state index contributed by atoms with van der Waals surface area (Å²) in [4.78, 5) is 13.0. The van der Waals surface area contributed by atoms with Gasteiger partial charge in [0, 0.05) is 13.5 Å². The predicted molar refractivity (Wildman–Crippen MR) is 157 cm³/mol. The number of nitrogens with one attached hydrogen (secondary N) is 1. The summed E-state index contributed by atoms with van der Waals surface area (Å²) in [6, 6.07) is 25.4. The summed E-state index contributed by atoms with van der Waals surface area (Å²) in [6.07, 6.45) is 0.528. The quantitative estimate of drug-likeness (QED) is 0.220. The molecule has 1 saturated heterocycles. The summed E-state index contributed by atoms with van der Waals surface area (Å²) in [5, 5.41) is 3.01. The Morgan fingerprint density at radius 3 is 2.10 bits per heavy atom. The molecular formula is C32H32FN5O4. The van der Waals surface area contributed by atoms with Gasteiger partial charge in [-0.25, -0.2) is 19.3 Å². The van der Waals surface area contributed by atoms with Gasteiger partial charge in [0.15, 0.2) is 11.5 Å². The number of alkyl halides is 1. The highest BCUT2D eigenvalue weighted by molar-refractivity contribution is 5.82. The molecule has 6 rings (SSSR count). The third-order valence-electron chi connectivity index (χ3n) is 7.71. The molecule has 1 N–H and O–H groups in total. The number of methoxy groups -OCH3 is 2. The largest absolute Gasteiger partial charge is 0.497 e. The third kappa shape index (κ3) is 4.93. The van der Waals surface area contributed by atoms with E-state index in [0.717, 1.165) is 28.2 Å². The van der Waals surface area contributed by atoms with Crippen molar-refractivity contribution >= 4 is 17.0 Å². The minimum atomic E-state index is -1.27. The molecule has 5 aromatic rings. The van der Waals surface area contributed by atoms with E-state index in [-0.39, 0.29) is 13.0 Å². The van der Waals surface area contributed by atoms with Crippen molar-refractivity contribution in [1.82, 2.24) is 19.5 Å². The van der Waals surface area contributed by atoms with Crippen LogP contribution in [0.4, 0.5) is 10.2 Å². The SMILES string of the molecule is CNc1ncnc2c1ncn2C1CC(F)C(COC(c2ccccc2)(c2ccc(OC)cc2)c2ccc(OC)cc2)O1. The molecule has 1 aliphatic heterocycles. The second kappa shape index (κ2) is 11.8. The second-order valence-corrected chi connectivity index (χ2v) is 9.99. The summed E-state index contributed by atoms with van der Waals surface area (Å²) in [7, 11) is 5.02. The molecule has 3 heterocycles. The first-order chi connectivity index (χ1) is 20.6. The van der Waals surface area contributed by atoms with Gasteiger partial charge in [-0.1, -0.05) is 54.6 Å². The smallest absolute Gasteiger partial charge is 0.167 e. The minimum Gasteiger partial charge on any atom is -0.497 e. The molecule has 1 fully saturated rings. The topological polar surface area (TPSA) is 92.6 Å². The zero-order chi connectivity index (χ0) is 29.1. The van der Waals surface area contributed by atoms with Gasteiger partial charge in [0.2, 0.25) is 0 Å². The van der Waals surface area contributed by atoms with Gasteiger partial charge in [-0.2, -0.15) is 0 Å². The highest BCUT2D eigenvalue weighted by Crippen LogP contribution is 2.43. The van der Waals surface area contributed by atoms with Gasteiger partial charge in [0.05, 0.1) is 27.2 Å². The van der Waals surface area contributed by atoms with Gasteiger partial charge < -0.3 is 24.3 Å². The van der Waals surface area contributed by atoms with Crippen molar-refractivity contribution in [3.8, 4) is 11.5 Å². The Labute approximate surface area is 243 Å². The lowest BCUT2D eigenvalue weighted by molar-refractivity contribution is -0.0853. The summed E-state index contributed by atoms with van der Waals surface area (Å²) in [6.45, 7) is -0.00595. The molecule has 42 heavy (non-hydrogen) atoms. The summed E-state index contributed by atoms with van der Waals surface area (Å²) >= 11 is 0. The maximum atomic E-state index is 15.6. The van der Waals surface area contributed by atoms with Crippen molar-refractivity contribution in [3.05, 3.63) is 108 Å². The number of anilines is 1. The molecule has 0 aliphatic carbocycles. The van der Waals surface area contributed by atoms with E-state index in [9.17, 15) is 0 Å². The van der Waals surface area contributed by atoms with Gasteiger partial charge in [-0.15, -0.1) is 0 Å². The third-order valence-corrected chi connectivity index (χ3v) is 7.71. The lowest BCUT2D eigenvalue weighted by Crippen LogP contribution is -2.37. The van der Waals surface area contributed by atoms with Gasteiger partial charge >= 0.3 is 0 Å². The molecule has 9 nitrogen and oxygen atoms in total. The summed E-state index contributed by atoms with van der Waals surface area (Å²) < 4.78 is 41.4. The van der Waals surface area contributed by atoms with Crippen molar-refractivity contribution in [3.63, 3.8) is 0 Å². The number of nitrogens with zero attached hydrogens (tertiary/aromatic N) is 4. The second-order valence-electron chi connectivity index (χ2n) is 9.99. The van der Waals surface area contributed by atoms with Crippen LogP contribution in [0.1, 0.15) is 29.3 Å². The zero-order valence-corrected chi connectivity index (χ0v) is 23.6. The molecule has 3 unspecified atom stereocenters. The van der Waals surface area contributed by atoms with Crippen LogP contribution in [0.25, 0.3) is 11.2 Å². The van der Waals surface area contributed by atoms with E-state index < -0.39 is 24.1 Å². The normalized spacial score (nSPS) is 18.7. The number of benzene rings is 3. The maximum absolute atomic E-state index is 15.6. The van der Waals surface area contributed by atoms with Crippen molar-refractivity contribution in [2.24, 2.45) is 0 Å². The standard InChI is InChI=1S/C32H32FN5O4/c1-34-30-29-31(36-19-35-30)38(20-37-29)28-17-26(33)27(42-28)18-41-32(21-7-5-4-6-8-21,22-9-13-24(39-2)14-10-22)23-11-15-25(40-3)16-12-23/h4-16,19-20,26-28H,17-18H2,1-3H3,(H,34,35,36). The van der Waals surface area contributed by atoms with E-state index >= 15 is 4.39 Å². The number of hydrogen-bond donors (Lipinski definition) is 1. The van der Waals surface area contributed by atoms with Crippen LogP contribution in [0.2, 0.25) is 0 Å². The highest BCUT2D eigenvalue weighted by atomic mass is 19.1. The molecule has 10 heteroatoms. The highest BCUT2D eigenvalue weighted by Gasteiger charge is 2.43. The van der Waals surface area contributed by atoms with Crippen LogP contribution in [0.3, 0.4) is 0 Å². The summed E-state index contributed by atoms with van der Waals surface area (Å²) in [5.41, 5.74) is 2.71. The maximum Gasteiger partial charge on any atom is 0.167 e. The number of fused-ring (bicyclic) bond motifs is 1. The van der Waals surface area contributed by atoms with E-state index in [4.69, 9.17) is 18.9 Å². The van der Waals surface area contributed by atoms with Crippen LogP contribution >= 0.6 is 0 Å². The molecule has 216 valence electrons. The fourth-order valence-electron chi connectivity index (χ4n) is 5.54. The Hall–Kier alpha value is -4.54. The van der Waals surface area contributed by atoms with Crippen molar-refractivity contribution in [2.45, 2.75) is 30.5 Å². The lowest BCUT2D eigenvalue weighted by Gasteiger charge is -2.37. The molecule has 1 aliphatic rings. The Kier molecular flexibility index (Phi) is 7.73. The molecule has 0 saturated carbocycles. The van der Waals surface area contributed by atoms with Crippen LogP contribution in [0.15, 0.2) is 91.5 Å². The van der Waals surface area contributed by atoms with Gasteiger partial charge in [0.1, 0.15) is 47.4 Å². The molecule has 3 atom stereocenters. The molecule has 2 aromatic heterocycles. The molecule has 0 amide bonds. The molecule has 3 aromatic carbocycles. The van der Waals surface area contributed by atoms with Crippen LogP contribution in [0, 0.1) is 0 Å².